The van der Waals surface area contributed by atoms with E-state index in [1.165, 1.54) is 24.6 Å². The van der Waals surface area contributed by atoms with Crippen molar-refractivity contribution in [3.05, 3.63) is 75.6 Å². The Morgan fingerprint density at radius 3 is 2.81 bits per heavy atom. The van der Waals surface area contributed by atoms with Gasteiger partial charge in [-0.2, -0.15) is 11.3 Å². The Labute approximate surface area is 192 Å². The average molecular weight is 455 g/mol. The molecule has 0 radical (unpaired) electrons. The van der Waals surface area contributed by atoms with E-state index in [4.69, 9.17) is 11.6 Å². The molecule has 1 amide bonds. The number of rotatable bonds is 7. The average Bonchev–Trinajstić information content (AvgIpc) is 3.34. The van der Waals surface area contributed by atoms with Crippen molar-refractivity contribution in [2.75, 3.05) is 30.3 Å². The lowest BCUT2D eigenvalue weighted by Crippen LogP contribution is -2.37. The first-order valence-electron chi connectivity index (χ1n) is 10.6. The number of carbonyl (C=O) groups excluding carboxylic acids is 1. The number of hydrogen-bond donors (Lipinski definition) is 2. The number of nitrogens with one attached hydrogen (secondary N) is 2. The van der Waals surface area contributed by atoms with Crippen LogP contribution in [-0.4, -0.2) is 35.4 Å². The van der Waals surface area contributed by atoms with E-state index >= 15 is 0 Å². The molecule has 5 nitrogen and oxygen atoms in total. The molecule has 162 valence electrons. The van der Waals surface area contributed by atoms with Gasteiger partial charge < -0.3 is 10.6 Å². The van der Waals surface area contributed by atoms with Crippen LogP contribution in [0.4, 0.5) is 11.5 Å². The Hall–Kier alpha value is -2.41. The number of aromatic nitrogens is 1. The summed E-state index contributed by atoms with van der Waals surface area (Å²) in [6.45, 7) is 5.47. The number of hydrogen-bond acceptors (Lipinski definition) is 5. The summed E-state index contributed by atoms with van der Waals surface area (Å²) in [5.74, 6) is 0.937. The minimum atomic E-state index is -0.186. The molecule has 2 aromatic heterocycles. The van der Waals surface area contributed by atoms with Gasteiger partial charge in [0, 0.05) is 30.0 Å². The van der Waals surface area contributed by atoms with Gasteiger partial charge in [0.05, 0.1) is 5.02 Å². The smallest absolute Gasteiger partial charge is 0.256 e. The largest absolute Gasteiger partial charge is 0.385 e. The molecule has 1 saturated heterocycles. The fourth-order valence-corrected chi connectivity index (χ4v) is 4.80. The number of piperidine rings is 1. The van der Waals surface area contributed by atoms with Crippen LogP contribution in [0.5, 0.6) is 0 Å². The maximum absolute atomic E-state index is 12.5. The molecule has 31 heavy (non-hydrogen) atoms. The number of anilines is 2. The van der Waals surface area contributed by atoms with E-state index in [1.54, 1.807) is 29.5 Å². The number of nitrogens with zero attached hydrogens (tertiary/aromatic N) is 2. The van der Waals surface area contributed by atoms with Crippen LogP contribution in [0, 0.1) is 5.92 Å². The van der Waals surface area contributed by atoms with Crippen LogP contribution in [0.2, 0.25) is 5.02 Å². The van der Waals surface area contributed by atoms with Crippen LogP contribution in [0.25, 0.3) is 0 Å². The topological polar surface area (TPSA) is 57.3 Å². The molecule has 1 aliphatic heterocycles. The SMILES string of the molecule is C[C@H](c1ccsc1)N1CCC(CNc2cccc(C(=O)Nc3ccc(Cl)cn3)c2)CC1. The third-order valence-electron chi connectivity index (χ3n) is 5.91. The molecule has 1 aromatic carbocycles. The van der Waals surface area contributed by atoms with Crippen LogP contribution in [-0.2, 0) is 0 Å². The Bertz CT molecular complexity index is 985. The lowest BCUT2D eigenvalue weighted by Gasteiger charge is -2.36. The van der Waals surface area contributed by atoms with E-state index in [0.717, 1.165) is 25.3 Å². The molecule has 0 bridgehead atoms. The fraction of sp³-hybridized carbons (Fsp3) is 0.333. The van der Waals surface area contributed by atoms with E-state index in [2.05, 4.69) is 44.3 Å². The summed E-state index contributed by atoms with van der Waals surface area (Å²) in [4.78, 5) is 19.2. The van der Waals surface area contributed by atoms with Crippen LogP contribution in [0.15, 0.2) is 59.4 Å². The monoisotopic (exact) mass is 454 g/mol. The molecule has 1 atom stereocenters. The van der Waals surface area contributed by atoms with E-state index in [-0.39, 0.29) is 5.91 Å². The summed E-state index contributed by atoms with van der Waals surface area (Å²) in [5.41, 5.74) is 2.98. The van der Waals surface area contributed by atoms with E-state index < -0.39 is 0 Å². The highest BCUT2D eigenvalue weighted by Crippen LogP contribution is 2.28. The molecule has 7 heteroatoms. The molecule has 0 aliphatic carbocycles. The van der Waals surface area contributed by atoms with Gasteiger partial charge in [0.2, 0.25) is 0 Å². The molecule has 0 spiro atoms. The Morgan fingerprint density at radius 2 is 2.10 bits per heavy atom. The van der Waals surface area contributed by atoms with E-state index in [0.29, 0.717) is 28.4 Å². The maximum atomic E-state index is 12.5. The third kappa shape index (κ3) is 5.85. The minimum absolute atomic E-state index is 0.186. The van der Waals surface area contributed by atoms with Crippen molar-refractivity contribution in [2.24, 2.45) is 5.92 Å². The molecule has 2 N–H and O–H groups in total. The number of halogens is 1. The Morgan fingerprint density at radius 1 is 1.26 bits per heavy atom. The fourth-order valence-electron chi connectivity index (χ4n) is 3.94. The van der Waals surface area contributed by atoms with Gasteiger partial charge in [-0.3, -0.25) is 9.69 Å². The van der Waals surface area contributed by atoms with Crippen LogP contribution in [0.3, 0.4) is 0 Å². The Balaban J connectivity index is 1.27. The summed E-state index contributed by atoms with van der Waals surface area (Å²) in [5, 5.41) is 11.3. The van der Waals surface area contributed by atoms with Gasteiger partial charge in [0.1, 0.15) is 5.82 Å². The molecular formula is C24H27ClN4OS. The molecule has 0 saturated carbocycles. The highest BCUT2D eigenvalue weighted by atomic mass is 35.5. The van der Waals surface area contributed by atoms with Crippen molar-refractivity contribution >= 4 is 40.4 Å². The summed E-state index contributed by atoms with van der Waals surface area (Å²) in [6.07, 6.45) is 3.88. The van der Waals surface area contributed by atoms with Crippen molar-refractivity contribution in [3.8, 4) is 0 Å². The predicted molar refractivity (Wildman–Crippen MR) is 129 cm³/mol. The lowest BCUT2D eigenvalue weighted by molar-refractivity contribution is 0.102. The van der Waals surface area contributed by atoms with Crippen molar-refractivity contribution in [1.29, 1.82) is 0 Å². The third-order valence-corrected chi connectivity index (χ3v) is 6.84. The van der Waals surface area contributed by atoms with Crippen molar-refractivity contribution in [2.45, 2.75) is 25.8 Å². The number of likely N-dealkylation sites (tertiary alicyclic amines) is 1. The highest BCUT2D eigenvalue weighted by molar-refractivity contribution is 7.07. The first-order chi connectivity index (χ1) is 15.1. The van der Waals surface area contributed by atoms with Crippen molar-refractivity contribution < 1.29 is 4.79 Å². The van der Waals surface area contributed by atoms with Gasteiger partial charge in [-0.1, -0.05) is 17.7 Å². The molecule has 3 heterocycles. The summed E-state index contributed by atoms with van der Waals surface area (Å²) < 4.78 is 0. The van der Waals surface area contributed by atoms with Crippen LogP contribution < -0.4 is 10.6 Å². The summed E-state index contributed by atoms with van der Waals surface area (Å²) in [6, 6.07) is 13.7. The second-order valence-corrected chi connectivity index (χ2v) is 9.21. The molecule has 4 rings (SSSR count). The van der Waals surface area contributed by atoms with Gasteiger partial charge >= 0.3 is 0 Å². The number of thiophene rings is 1. The second kappa shape index (κ2) is 10.3. The van der Waals surface area contributed by atoms with Gasteiger partial charge in [-0.05, 0) is 91.5 Å². The minimum Gasteiger partial charge on any atom is -0.385 e. The van der Waals surface area contributed by atoms with Gasteiger partial charge in [-0.25, -0.2) is 4.98 Å². The Kier molecular flexibility index (Phi) is 7.22. The van der Waals surface area contributed by atoms with E-state index in [1.807, 2.05) is 18.2 Å². The molecule has 3 aromatic rings. The number of carbonyl (C=O) groups is 1. The van der Waals surface area contributed by atoms with Gasteiger partial charge in [0.25, 0.3) is 5.91 Å². The van der Waals surface area contributed by atoms with Gasteiger partial charge in [0.15, 0.2) is 0 Å². The number of benzene rings is 1. The summed E-state index contributed by atoms with van der Waals surface area (Å²) >= 11 is 7.61. The zero-order valence-corrected chi connectivity index (χ0v) is 19.1. The van der Waals surface area contributed by atoms with Crippen molar-refractivity contribution in [3.63, 3.8) is 0 Å². The second-order valence-electron chi connectivity index (χ2n) is 7.99. The zero-order valence-electron chi connectivity index (χ0n) is 17.6. The molecule has 0 unspecified atom stereocenters. The summed E-state index contributed by atoms with van der Waals surface area (Å²) in [7, 11) is 0. The van der Waals surface area contributed by atoms with Crippen LogP contribution in [0.1, 0.15) is 41.7 Å². The molecule has 1 fully saturated rings. The normalized spacial score (nSPS) is 16.1. The van der Waals surface area contributed by atoms with Crippen LogP contribution >= 0.6 is 22.9 Å². The van der Waals surface area contributed by atoms with E-state index in [9.17, 15) is 4.79 Å². The standard InChI is InChI=1S/C24H27ClN4OS/c1-17(20-9-12-31-16-20)29-10-7-18(8-11-29)14-26-22-4-2-3-19(13-22)24(30)28-23-6-5-21(25)15-27-23/h2-6,9,12-13,15-18,26H,7-8,10-11,14H2,1H3,(H,27,28,30)/t17-/m1/s1. The molecular weight excluding hydrogens is 428 g/mol. The first kappa shape index (κ1) is 21.8. The number of pyridine rings is 1. The van der Waals surface area contributed by atoms with Crippen molar-refractivity contribution in [1.82, 2.24) is 9.88 Å². The first-order valence-corrected chi connectivity index (χ1v) is 11.9. The lowest BCUT2D eigenvalue weighted by atomic mass is 9.95. The maximum Gasteiger partial charge on any atom is 0.256 e. The predicted octanol–water partition coefficient (Wildman–Crippen LogP) is 5.93. The highest BCUT2D eigenvalue weighted by Gasteiger charge is 2.23. The zero-order chi connectivity index (χ0) is 21.6. The number of amides is 1. The quantitative estimate of drug-likeness (QED) is 0.464. The van der Waals surface area contributed by atoms with Gasteiger partial charge in [-0.15, -0.1) is 0 Å². The molecule has 1 aliphatic rings.